The van der Waals surface area contributed by atoms with Gasteiger partial charge >= 0.3 is 0 Å². The first-order valence-corrected chi connectivity index (χ1v) is 8.52. The molecule has 0 spiro atoms. The summed E-state index contributed by atoms with van der Waals surface area (Å²) < 4.78 is 33.8. The first-order valence-electron chi connectivity index (χ1n) is 8.52. The molecule has 2 heterocycles. The van der Waals surface area contributed by atoms with Gasteiger partial charge < -0.3 is 4.74 Å². The van der Waals surface area contributed by atoms with Gasteiger partial charge in [-0.15, -0.1) is 5.10 Å². The lowest BCUT2D eigenvalue weighted by Crippen LogP contribution is -2.30. The fourth-order valence-corrected chi connectivity index (χ4v) is 2.96. The molecule has 0 saturated heterocycles. The van der Waals surface area contributed by atoms with Gasteiger partial charge in [0.15, 0.2) is 5.82 Å². The van der Waals surface area contributed by atoms with Gasteiger partial charge in [-0.2, -0.15) is 0 Å². The highest BCUT2D eigenvalue weighted by Crippen LogP contribution is 2.43. The smallest absolute Gasteiger partial charge is 0.275 e. The summed E-state index contributed by atoms with van der Waals surface area (Å²) in [5.41, 5.74) is -0.0943. The standard InChI is InChI=1S/C18H15F2N5O3/c1-28-16-14-12(5-4-11(15(14)20)9-2-3-9)17(27)25(24-16)8-13(26)23-18-21-6-10(19)7-22-18/h4-7,9H,2-3,8H2,1H3,(H,21,22,23,26). The van der Waals surface area contributed by atoms with Gasteiger partial charge in [0, 0.05) is 0 Å². The summed E-state index contributed by atoms with van der Waals surface area (Å²) in [4.78, 5) is 32.1. The molecule has 1 aliphatic carbocycles. The van der Waals surface area contributed by atoms with E-state index < -0.39 is 29.6 Å². The number of carbonyl (C=O) groups is 1. The van der Waals surface area contributed by atoms with Crippen molar-refractivity contribution in [2.24, 2.45) is 0 Å². The van der Waals surface area contributed by atoms with Crippen LogP contribution in [0.15, 0.2) is 29.3 Å². The number of hydrogen-bond acceptors (Lipinski definition) is 6. The average molecular weight is 387 g/mol. The van der Waals surface area contributed by atoms with E-state index in [4.69, 9.17) is 4.74 Å². The summed E-state index contributed by atoms with van der Waals surface area (Å²) in [5, 5.41) is 6.39. The van der Waals surface area contributed by atoms with Crippen LogP contribution in [0.25, 0.3) is 10.8 Å². The third kappa shape index (κ3) is 3.28. The molecule has 144 valence electrons. The van der Waals surface area contributed by atoms with E-state index in [9.17, 15) is 18.4 Å². The number of carbonyl (C=O) groups excluding carboxylic acids is 1. The largest absolute Gasteiger partial charge is 0.479 e. The van der Waals surface area contributed by atoms with E-state index in [2.05, 4.69) is 20.4 Å². The lowest BCUT2D eigenvalue weighted by Gasteiger charge is -2.12. The zero-order valence-electron chi connectivity index (χ0n) is 14.8. The van der Waals surface area contributed by atoms with Gasteiger partial charge in [-0.1, -0.05) is 6.07 Å². The molecular formula is C18H15F2N5O3. The molecule has 0 radical (unpaired) electrons. The Kier molecular flexibility index (Phi) is 4.46. The second kappa shape index (κ2) is 6.95. The highest BCUT2D eigenvalue weighted by atomic mass is 19.1. The van der Waals surface area contributed by atoms with E-state index in [0.29, 0.717) is 5.56 Å². The summed E-state index contributed by atoms with van der Waals surface area (Å²) >= 11 is 0. The molecule has 1 aliphatic rings. The molecule has 2 aromatic heterocycles. The van der Waals surface area contributed by atoms with Gasteiger partial charge in [0.25, 0.3) is 5.56 Å². The lowest BCUT2D eigenvalue weighted by atomic mass is 10.0. The molecule has 3 aromatic rings. The van der Waals surface area contributed by atoms with Gasteiger partial charge in [-0.3, -0.25) is 14.9 Å². The number of benzene rings is 1. The Morgan fingerprint density at radius 1 is 1.29 bits per heavy atom. The molecule has 0 bridgehead atoms. The number of ether oxygens (including phenoxy) is 1. The Morgan fingerprint density at radius 3 is 2.64 bits per heavy atom. The van der Waals surface area contributed by atoms with E-state index in [1.165, 1.54) is 13.2 Å². The van der Waals surface area contributed by atoms with Gasteiger partial charge in [0.2, 0.25) is 17.7 Å². The first-order chi connectivity index (χ1) is 13.5. The van der Waals surface area contributed by atoms with Crippen LogP contribution in [0, 0.1) is 11.6 Å². The summed E-state index contributed by atoms with van der Waals surface area (Å²) in [7, 11) is 1.31. The minimum atomic E-state index is -0.655. The first kappa shape index (κ1) is 18.0. The van der Waals surface area contributed by atoms with Crippen LogP contribution >= 0.6 is 0 Å². The van der Waals surface area contributed by atoms with E-state index >= 15 is 0 Å². The van der Waals surface area contributed by atoms with Gasteiger partial charge in [-0.25, -0.2) is 23.4 Å². The number of methoxy groups -OCH3 is 1. The second-order valence-electron chi connectivity index (χ2n) is 6.41. The van der Waals surface area contributed by atoms with Crippen LogP contribution in [0.4, 0.5) is 14.7 Å². The van der Waals surface area contributed by atoms with E-state index in [1.807, 2.05) is 0 Å². The van der Waals surface area contributed by atoms with Crippen molar-refractivity contribution in [3.05, 3.63) is 52.1 Å². The van der Waals surface area contributed by atoms with Gasteiger partial charge in [0.1, 0.15) is 12.4 Å². The number of nitrogens with one attached hydrogen (secondary N) is 1. The monoisotopic (exact) mass is 387 g/mol. The van der Waals surface area contributed by atoms with Crippen molar-refractivity contribution in [2.75, 3.05) is 12.4 Å². The highest BCUT2D eigenvalue weighted by molar-refractivity contribution is 5.90. The molecule has 1 amide bonds. The quantitative estimate of drug-likeness (QED) is 0.719. The maximum Gasteiger partial charge on any atom is 0.275 e. The summed E-state index contributed by atoms with van der Waals surface area (Å²) in [5.74, 6) is -1.87. The number of nitrogens with zero attached hydrogens (tertiary/aromatic N) is 4. The third-order valence-corrected chi connectivity index (χ3v) is 4.44. The zero-order chi connectivity index (χ0) is 19.8. The van der Waals surface area contributed by atoms with Crippen LogP contribution < -0.4 is 15.6 Å². The molecule has 1 fully saturated rings. The second-order valence-corrected chi connectivity index (χ2v) is 6.41. The van der Waals surface area contributed by atoms with Crippen LogP contribution in [0.5, 0.6) is 5.88 Å². The topological polar surface area (TPSA) is 99.0 Å². The fraction of sp³-hybridized carbons (Fsp3) is 0.278. The van der Waals surface area contributed by atoms with Crippen molar-refractivity contribution in [1.29, 1.82) is 0 Å². The summed E-state index contributed by atoms with van der Waals surface area (Å²) in [6.45, 7) is -0.474. The number of halogens is 2. The van der Waals surface area contributed by atoms with Crippen molar-refractivity contribution in [3.63, 3.8) is 0 Å². The maximum atomic E-state index is 14.9. The Hall–Kier alpha value is -3.43. The summed E-state index contributed by atoms with van der Waals surface area (Å²) in [6, 6.07) is 3.11. The van der Waals surface area contributed by atoms with E-state index in [0.717, 1.165) is 29.9 Å². The van der Waals surface area contributed by atoms with E-state index in [-0.39, 0.29) is 28.5 Å². The fourth-order valence-electron chi connectivity index (χ4n) is 2.96. The van der Waals surface area contributed by atoms with Crippen LogP contribution in [0.2, 0.25) is 0 Å². The minimum Gasteiger partial charge on any atom is -0.479 e. The Balaban J connectivity index is 1.68. The molecule has 10 heteroatoms. The number of rotatable bonds is 5. The molecule has 1 N–H and O–H groups in total. The number of aromatic nitrogens is 4. The maximum absolute atomic E-state index is 14.9. The summed E-state index contributed by atoms with van der Waals surface area (Å²) in [6.07, 6.45) is 3.60. The van der Waals surface area contributed by atoms with Crippen LogP contribution in [0.1, 0.15) is 24.3 Å². The zero-order valence-corrected chi connectivity index (χ0v) is 14.8. The predicted molar refractivity (Wildman–Crippen MR) is 95.1 cm³/mol. The Morgan fingerprint density at radius 2 is 2.00 bits per heavy atom. The minimum absolute atomic E-state index is 0.00965. The number of hydrogen-bond donors (Lipinski definition) is 1. The molecule has 8 nitrogen and oxygen atoms in total. The van der Waals surface area contributed by atoms with Crippen molar-refractivity contribution >= 4 is 22.6 Å². The molecule has 0 aliphatic heterocycles. The van der Waals surface area contributed by atoms with Crippen LogP contribution in [-0.2, 0) is 11.3 Å². The molecule has 0 atom stereocenters. The van der Waals surface area contributed by atoms with Gasteiger partial charge in [0.05, 0.1) is 30.3 Å². The number of anilines is 1. The molecule has 0 unspecified atom stereocenters. The van der Waals surface area contributed by atoms with Gasteiger partial charge in [-0.05, 0) is 30.4 Å². The number of fused-ring (bicyclic) bond motifs is 1. The lowest BCUT2D eigenvalue weighted by molar-refractivity contribution is -0.117. The Bertz CT molecular complexity index is 1130. The van der Waals surface area contributed by atoms with Crippen molar-refractivity contribution in [2.45, 2.75) is 25.3 Å². The van der Waals surface area contributed by atoms with Crippen LogP contribution in [0.3, 0.4) is 0 Å². The Labute approximate surface area is 157 Å². The van der Waals surface area contributed by atoms with Crippen molar-refractivity contribution in [3.8, 4) is 5.88 Å². The van der Waals surface area contributed by atoms with E-state index in [1.54, 1.807) is 6.07 Å². The molecule has 1 aromatic carbocycles. The van der Waals surface area contributed by atoms with Crippen molar-refractivity contribution < 1.29 is 18.3 Å². The molecular weight excluding hydrogens is 372 g/mol. The highest BCUT2D eigenvalue weighted by Gasteiger charge is 2.29. The SMILES string of the molecule is COc1nn(CC(=O)Nc2ncc(F)cn2)c(=O)c2ccc(C3CC3)c(F)c12. The predicted octanol–water partition coefficient (Wildman–Crippen LogP) is 1.99. The molecule has 28 heavy (non-hydrogen) atoms. The molecule has 4 rings (SSSR count). The normalized spacial score (nSPS) is 13.5. The number of amides is 1. The van der Waals surface area contributed by atoms with Crippen molar-refractivity contribution in [1.82, 2.24) is 19.7 Å². The third-order valence-electron chi connectivity index (χ3n) is 4.44. The average Bonchev–Trinajstić information content (AvgIpc) is 3.51. The van der Waals surface area contributed by atoms with Crippen LogP contribution in [-0.4, -0.2) is 32.8 Å². The molecule has 1 saturated carbocycles.